The Labute approximate surface area is 98.8 Å². The Kier molecular flexibility index (Phi) is 7.28. The molecule has 0 rings (SSSR count). The molecule has 0 saturated carbocycles. The van der Waals surface area contributed by atoms with Crippen LogP contribution in [0.4, 0.5) is 0 Å². The van der Waals surface area contributed by atoms with Gasteiger partial charge in [-0.25, -0.2) is 4.79 Å². The van der Waals surface area contributed by atoms with E-state index in [0.29, 0.717) is 6.42 Å². The SMILES string of the molecule is C=CC(=O)OC(CCCC)O[Si](C)(C)OC. The zero-order valence-electron chi connectivity index (χ0n) is 10.6. The van der Waals surface area contributed by atoms with Crippen LogP contribution in [-0.4, -0.2) is 27.9 Å². The molecule has 1 unspecified atom stereocenters. The summed E-state index contributed by atoms with van der Waals surface area (Å²) in [5.41, 5.74) is 0. The average molecular weight is 246 g/mol. The quantitative estimate of drug-likeness (QED) is 0.286. The van der Waals surface area contributed by atoms with E-state index >= 15 is 0 Å². The minimum absolute atomic E-state index is 0.456. The van der Waals surface area contributed by atoms with E-state index in [0.717, 1.165) is 18.9 Å². The second-order valence-corrected chi connectivity index (χ2v) is 7.38. The first-order valence-electron chi connectivity index (χ1n) is 5.51. The third kappa shape index (κ3) is 6.76. The maximum atomic E-state index is 11.1. The summed E-state index contributed by atoms with van der Waals surface area (Å²) in [6, 6.07) is 0. The highest BCUT2D eigenvalue weighted by Crippen LogP contribution is 2.15. The van der Waals surface area contributed by atoms with Gasteiger partial charge in [0.1, 0.15) is 0 Å². The van der Waals surface area contributed by atoms with E-state index in [-0.39, 0.29) is 0 Å². The molecule has 0 spiro atoms. The summed E-state index contributed by atoms with van der Waals surface area (Å²) in [5, 5.41) is 0. The van der Waals surface area contributed by atoms with Crippen molar-refractivity contribution in [3.8, 4) is 0 Å². The summed E-state index contributed by atoms with van der Waals surface area (Å²) in [6.45, 7) is 9.26. The molecule has 0 aliphatic rings. The first-order chi connectivity index (χ1) is 7.45. The molecular formula is C11H22O4Si. The van der Waals surface area contributed by atoms with E-state index in [9.17, 15) is 4.79 Å². The number of hydrogen-bond donors (Lipinski definition) is 0. The first kappa shape index (κ1) is 15.3. The van der Waals surface area contributed by atoms with Crippen molar-refractivity contribution < 1.29 is 18.4 Å². The highest BCUT2D eigenvalue weighted by molar-refractivity contribution is 6.64. The molecule has 0 aromatic heterocycles. The van der Waals surface area contributed by atoms with E-state index < -0.39 is 20.8 Å². The molecule has 0 amide bonds. The van der Waals surface area contributed by atoms with E-state index in [1.54, 1.807) is 7.11 Å². The average Bonchev–Trinajstić information content (AvgIpc) is 2.25. The number of carbonyl (C=O) groups excluding carboxylic acids is 1. The van der Waals surface area contributed by atoms with Crippen LogP contribution >= 0.6 is 0 Å². The molecule has 0 radical (unpaired) electrons. The van der Waals surface area contributed by atoms with Gasteiger partial charge in [0.05, 0.1) is 0 Å². The maximum absolute atomic E-state index is 11.1. The standard InChI is InChI=1S/C11H22O4Si/c1-6-8-9-11(14-10(12)7-2)15-16(4,5)13-3/h7,11H,2,6,8-9H2,1,3-5H3. The van der Waals surface area contributed by atoms with E-state index in [1.807, 2.05) is 13.1 Å². The van der Waals surface area contributed by atoms with Crippen LogP contribution in [0.25, 0.3) is 0 Å². The van der Waals surface area contributed by atoms with Crippen molar-refractivity contribution in [3.05, 3.63) is 12.7 Å². The van der Waals surface area contributed by atoms with Crippen LogP contribution in [0.1, 0.15) is 26.2 Å². The van der Waals surface area contributed by atoms with E-state index in [2.05, 4.69) is 13.5 Å². The predicted molar refractivity (Wildman–Crippen MR) is 65.2 cm³/mol. The van der Waals surface area contributed by atoms with Gasteiger partial charge in [-0.2, -0.15) is 0 Å². The second kappa shape index (κ2) is 7.59. The van der Waals surface area contributed by atoms with Crippen molar-refractivity contribution in [1.82, 2.24) is 0 Å². The fourth-order valence-electron chi connectivity index (χ4n) is 1.06. The minimum Gasteiger partial charge on any atom is -0.434 e. The molecule has 0 N–H and O–H groups in total. The Morgan fingerprint density at radius 1 is 1.50 bits per heavy atom. The lowest BCUT2D eigenvalue weighted by molar-refractivity contribution is -0.161. The fraction of sp³-hybridized carbons (Fsp3) is 0.727. The third-order valence-corrected chi connectivity index (χ3v) is 3.93. The lowest BCUT2D eigenvalue weighted by Crippen LogP contribution is -2.39. The van der Waals surface area contributed by atoms with Gasteiger partial charge in [0.15, 0.2) is 6.29 Å². The zero-order valence-corrected chi connectivity index (χ0v) is 11.6. The summed E-state index contributed by atoms with van der Waals surface area (Å²) >= 11 is 0. The van der Waals surface area contributed by atoms with Crippen LogP contribution in [0.2, 0.25) is 13.1 Å². The van der Waals surface area contributed by atoms with Crippen molar-refractivity contribution in [1.29, 1.82) is 0 Å². The second-order valence-electron chi connectivity index (χ2n) is 3.93. The monoisotopic (exact) mass is 246 g/mol. The molecule has 5 heteroatoms. The summed E-state index contributed by atoms with van der Waals surface area (Å²) in [6.07, 6.45) is 3.29. The van der Waals surface area contributed by atoms with Crippen molar-refractivity contribution >= 4 is 14.5 Å². The van der Waals surface area contributed by atoms with Gasteiger partial charge in [0, 0.05) is 19.6 Å². The van der Waals surface area contributed by atoms with Gasteiger partial charge in [-0.3, -0.25) is 0 Å². The van der Waals surface area contributed by atoms with Crippen molar-refractivity contribution in [2.45, 2.75) is 45.6 Å². The Hall–Kier alpha value is -0.653. The summed E-state index contributed by atoms with van der Waals surface area (Å²) in [5.74, 6) is -0.456. The Morgan fingerprint density at radius 2 is 2.12 bits per heavy atom. The largest absolute Gasteiger partial charge is 0.434 e. The predicted octanol–water partition coefficient (Wildman–Crippen LogP) is 2.60. The van der Waals surface area contributed by atoms with Gasteiger partial charge in [0.25, 0.3) is 0 Å². The Balaban J connectivity index is 4.30. The Bertz CT molecular complexity index is 228. The minimum atomic E-state index is -2.18. The number of unbranched alkanes of at least 4 members (excludes halogenated alkanes) is 1. The molecule has 1 atom stereocenters. The molecule has 0 fully saturated rings. The molecule has 4 nitrogen and oxygen atoms in total. The summed E-state index contributed by atoms with van der Waals surface area (Å²) in [7, 11) is -0.572. The summed E-state index contributed by atoms with van der Waals surface area (Å²) in [4.78, 5) is 11.1. The number of hydrogen-bond acceptors (Lipinski definition) is 4. The molecule has 0 saturated heterocycles. The molecule has 0 aromatic rings. The molecular weight excluding hydrogens is 224 g/mol. The van der Waals surface area contributed by atoms with Crippen LogP contribution in [0.3, 0.4) is 0 Å². The van der Waals surface area contributed by atoms with Crippen molar-refractivity contribution in [2.24, 2.45) is 0 Å². The molecule has 0 aromatic carbocycles. The number of carbonyl (C=O) groups is 1. The molecule has 0 bridgehead atoms. The number of ether oxygens (including phenoxy) is 1. The van der Waals surface area contributed by atoms with E-state index in [4.69, 9.17) is 13.6 Å². The lowest BCUT2D eigenvalue weighted by atomic mass is 10.2. The first-order valence-corrected chi connectivity index (χ1v) is 8.32. The van der Waals surface area contributed by atoms with Crippen LogP contribution < -0.4 is 0 Å². The number of esters is 1. The van der Waals surface area contributed by atoms with Crippen LogP contribution in [0.5, 0.6) is 0 Å². The van der Waals surface area contributed by atoms with Crippen molar-refractivity contribution in [2.75, 3.05) is 7.11 Å². The topological polar surface area (TPSA) is 44.8 Å². The highest BCUT2D eigenvalue weighted by Gasteiger charge is 2.28. The normalized spacial score (nSPS) is 13.2. The molecule has 94 valence electrons. The van der Waals surface area contributed by atoms with Crippen LogP contribution in [0, 0.1) is 0 Å². The fourth-order valence-corrected chi connectivity index (χ4v) is 1.95. The lowest BCUT2D eigenvalue weighted by Gasteiger charge is -2.26. The Morgan fingerprint density at radius 3 is 2.56 bits per heavy atom. The number of rotatable bonds is 8. The molecule has 0 aliphatic carbocycles. The van der Waals surface area contributed by atoms with Crippen LogP contribution in [-0.2, 0) is 18.4 Å². The van der Waals surface area contributed by atoms with Gasteiger partial charge in [0.2, 0.25) is 0 Å². The zero-order chi connectivity index (χ0) is 12.6. The van der Waals surface area contributed by atoms with E-state index in [1.165, 1.54) is 0 Å². The third-order valence-electron chi connectivity index (χ3n) is 2.11. The maximum Gasteiger partial charge on any atom is 0.334 e. The van der Waals surface area contributed by atoms with Gasteiger partial charge in [-0.05, 0) is 19.5 Å². The van der Waals surface area contributed by atoms with Gasteiger partial charge < -0.3 is 13.6 Å². The summed E-state index contributed by atoms with van der Waals surface area (Å²) < 4.78 is 16.1. The van der Waals surface area contributed by atoms with Gasteiger partial charge >= 0.3 is 14.5 Å². The molecule has 0 aliphatic heterocycles. The highest BCUT2D eigenvalue weighted by atomic mass is 28.4. The molecule has 16 heavy (non-hydrogen) atoms. The molecule has 0 heterocycles. The van der Waals surface area contributed by atoms with Crippen LogP contribution in [0.15, 0.2) is 12.7 Å². The smallest absolute Gasteiger partial charge is 0.334 e. The van der Waals surface area contributed by atoms with Gasteiger partial charge in [-0.15, -0.1) is 0 Å². The van der Waals surface area contributed by atoms with Gasteiger partial charge in [-0.1, -0.05) is 19.9 Å². The van der Waals surface area contributed by atoms with Crippen molar-refractivity contribution in [3.63, 3.8) is 0 Å².